The van der Waals surface area contributed by atoms with Gasteiger partial charge in [-0.3, -0.25) is 9.69 Å². The van der Waals surface area contributed by atoms with E-state index in [-0.39, 0.29) is 24.1 Å². The molecular weight excluding hydrogens is 402 g/mol. The molecule has 0 aliphatic carbocycles. The van der Waals surface area contributed by atoms with Crippen LogP contribution in [0.5, 0.6) is 0 Å². The first-order chi connectivity index (χ1) is 14.6. The average molecular weight is 434 g/mol. The second-order valence-electron chi connectivity index (χ2n) is 7.69. The minimum absolute atomic E-state index is 0.0874. The van der Waals surface area contributed by atoms with Crippen LogP contribution in [0.1, 0.15) is 38.2 Å². The predicted octanol–water partition coefficient (Wildman–Crippen LogP) is 2.73. The zero-order valence-corrected chi connectivity index (χ0v) is 18.4. The summed E-state index contributed by atoms with van der Waals surface area (Å²) in [5.41, 5.74) is 1.22. The van der Waals surface area contributed by atoms with E-state index >= 15 is 0 Å². The first-order valence-electron chi connectivity index (χ1n) is 10.8. The highest BCUT2D eigenvalue weighted by Gasteiger charge is 2.39. The molecule has 2 aliphatic heterocycles. The molecule has 7 nitrogen and oxygen atoms in total. The molecule has 8 heteroatoms. The quantitative estimate of drug-likeness (QED) is 0.384. The fourth-order valence-electron chi connectivity index (χ4n) is 4.08. The number of thiocarbonyl (C=S) groups is 1. The summed E-state index contributed by atoms with van der Waals surface area (Å²) in [5, 5.41) is 3.94. The van der Waals surface area contributed by atoms with Crippen molar-refractivity contribution < 1.29 is 19.1 Å². The molecule has 0 saturated carbocycles. The number of piperidine rings is 1. The Balaban J connectivity index is 1.43. The lowest BCUT2D eigenvalue weighted by Crippen LogP contribution is -2.52. The Hall–Kier alpha value is -2.35. The molecule has 0 bridgehead atoms. The molecule has 2 aliphatic rings. The maximum Gasteiger partial charge on any atom is 0.410 e. The largest absolute Gasteiger partial charge is 0.466 e. The number of cyclic esters (lactones) is 1. The van der Waals surface area contributed by atoms with Crippen molar-refractivity contribution >= 4 is 29.4 Å². The van der Waals surface area contributed by atoms with Crippen LogP contribution in [0, 0.1) is 0 Å². The molecule has 3 rings (SSSR count). The minimum Gasteiger partial charge on any atom is -0.466 e. The van der Waals surface area contributed by atoms with Gasteiger partial charge in [0.25, 0.3) is 0 Å². The number of nitrogens with zero attached hydrogens (tertiary/aromatic N) is 2. The molecule has 1 aromatic carbocycles. The second kappa shape index (κ2) is 11.2. The van der Waals surface area contributed by atoms with Crippen LogP contribution in [0.2, 0.25) is 0 Å². The summed E-state index contributed by atoms with van der Waals surface area (Å²) in [4.78, 5) is 27.9. The third-order valence-corrected chi connectivity index (χ3v) is 6.00. The van der Waals surface area contributed by atoms with Crippen LogP contribution in [0.15, 0.2) is 30.3 Å². The number of nitrogens with one attached hydrogen (secondary N) is 1. The first-order valence-corrected chi connectivity index (χ1v) is 11.2. The van der Waals surface area contributed by atoms with Gasteiger partial charge in [-0.2, -0.15) is 0 Å². The fraction of sp³-hybridized carbons (Fsp3) is 0.591. The van der Waals surface area contributed by atoms with Crippen molar-refractivity contribution in [1.82, 2.24) is 15.1 Å². The van der Waals surface area contributed by atoms with Gasteiger partial charge in [-0.25, -0.2) is 4.79 Å². The number of carbonyl (C=O) groups excluding carboxylic acids is 2. The van der Waals surface area contributed by atoms with Gasteiger partial charge in [0.15, 0.2) is 5.11 Å². The number of esters is 1. The molecule has 0 spiro atoms. The van der Waals surface area contributed by atoms with Crippen LogP contribution >= 0.6 is 12.2 Å². The summed E-state index contributed by atoms with van der Waals surface area (Å²) in [6, 6.07) is 10.5. The van der Waals surface area contributed by atoms with Crippen molar-refractivity contribution in [3.8, 4) is 0 Å². The lowest BCUT2D eigenvalue weighted by atomic mass is 9.99. The monoisotopic (exact) mass is 433 g/mol. The van der Waals surface area contributed by atoms with Gasteiger partial charge in [-0.15, -0.1) is 0 Å². The van der Waals surface area contributed by atoms with Gasteiger partial charge in [0.05, 0.1) is 12.6 Å². The Labute approximate surface area is 183 Å². The molecule has 1 atom stereocenters. The van der Waals surface area contributed by atoms with Gasteiger partial charge in [-0.1, -0.05) is 30.3 Å². The molecule has 0 aromatic heterocycles. The zero-order chi connectivity index (χ0) is 21.3. The van der Waals surface area contributed by atoms with Gasteiger partial charge in [0, 0.05) is 32.1 Å². The molecule has 1 aromatic rings. The first kappa shape index (κ1) is 22.3. The highest BCUT2D eigenvalue weighted by Crippen LogP contribution is 2.26. The van der Waals surface area contributed by atoms with Crippen molar-refractivity contribution in [3.05, 3.63) is 35.9 Å². The van der Waals surface area contributed by atoms with Crippen LogP contribution < -0.4 is 5.32 Å². The van der Waals surface area contributed by atoms with E-state index in [2.05, 4.69) is 22.3 Å². The number of carbonyl (C=O) groups is 2. The molecule has 164 valence electrons. The van der Waals surface area contributed by atoms with Crippen molar-refractivity contribution in [3.63, 3.8) is 0 Å². The van der Waals surface area contributed by atoms with Crippen LogP contribution in [0.4, 0.5) is 4.79 Å². The number of benzene rings is 1. The molecule has 0 radical (unpaired) electrons. The number of likely N-dealkylation sites (tertiary alicyclic amines) is 1. The standard InChI is InChI=1S/C22H31N3O4S/c1-2-28-20(26)9-6-12-23-21(30)24-13-10-18(11-14-24)25-19(16-29-22(25)27)15-17-7-4-3-5-8-17/h3-5,7-8,18-19H,2,6,9-16H2,1H3,(H,23,30). The fourth-order valence-corrected chi connectivity index (χ4v) is 4.37. The predicted molar refractivity (Wildman–Crippen MR) is 118 cm³/mol. The average Bonchev–Trinajstić information content (AvgIpc) is 3.12. The number of hydrogen-bond acceptors (Lipinski definition) is 5. The van der Waals surface area contributed by atoms with Crippen LogP contribution in [0.25, 0.3) is 0 Å². The summed E-state index contributed by atoms with van der Waals surface area (Å²) in [5.74, 6) is -0.173. The Morgan fingerprint density at radius 1 is 1.27 bits per heavy atom. The van der Waals surface area contributed by atoms with Crippen LogP contribution in [0.3, 0.4) is 0 Å². The second-order valence-corrected chi connectivity index (χ2v) is 8.07. The van der Waals surface area contributed by atoms with Crippen LogP contribution in [-0.4, -0.2) is 71.9 Å². The van der Waals surface area contributed by atoms with E-state index in [0.29, 0.717) is 37.7 Å². The van der Waals surface area contributed by atoms with E-state index in [9.17, 15) is 9.59 Å². The lowest BCUT2D eigenvalue weighted by Gasteiger charge is -2.38. The molecule has 1 unspecified atom stereocenters. The normalized spacial score (nSPS) is 19.5. The lowest BCUT2D eigenvalue weighted by molar-refractivity contribution is -0.143. The maximum atomic E-state index is 12.4. The van der Waals surface area contributed by atoms with Gasteiger partial charge in [0.1, 0.15) is 6.61 Å². The van der Waals surface area contributed by atoms with Crippen molar-refractivity contribution in [2.75, 3.05) is 32.8 Å². The van der Waals surface area contributed by atoms with Gasteiger partial charge < -0.3 is 19.7 Å². The Kier molecular flexibility index (Phi) is 8.30. The third-order valence-electron chi connectivity index (χ3n) is 5.60. The third kappa shape index (κ3) is 6.08. The van der Waals surface area contributed by atoms with Gasteiger partial charge >= 0.3 is 12.1 Å². The number of rotatable bonds is 8. The smallest absolute Gasteiger partial charge is 0.410 e. The van der Waals surface area contributed by atoms with Gasteiger partial charge in [-0.05, 0) is 50.4 Å². The molecule has 30 heavy (non-hydrogen) atoms. The topological polar surface area (TPSA) is 71.1 Å². The molecule has 2 saturated heterocycles. The molecule has 2 heterocycles. The maximum absolute atomic E-state index is 12.4. The minimum atomic E-state index is -0.200. The summed E-state index contributed by atoms with van der Waals surface area (Å²) in [6.45, 7) is 4.92. The Morgan fingerprint density at radius 3 is 2.70 bits per heavy atom. The van der Waals surface area contributed by atoms with E-state index < -0.39 is 0 Å². The highest BCUT2D eigenvalue weighted by atomic mass is 32.1. The van der Waals surface area contributed by atoms with E-state index in [1.807, 2.05) is 23.1 Å². The SMILES string of the molecule is CCOC(=O)CCCNC(=S)N1CCC(N2C(=O)OCC2Cc2ccccc2)CC1. The summed E-state index contributed by atoms with van der Waals surface area (Å²) < 4.78 is 10.3. The van der Waals surface area contributed by atoms with Crippen molar-refractivity contribution in [2.24, 2.45) is 0 Å². The number of amides is 1. The van der Waals surface area contributed by atoms with E-state index in [1.165, 1.54) is 5.56 Å². The number of ether oxygens (including phenoxy) is 2. The molecule has 2 fully saturated rings. The van der Waals surface area contributed by atoms with Gasteiger partial charge in [0.2, 0.25) is 0 Å². The molecule has 1 amide bonds. The number of hydrogen-bond donors (Lipinski definition) is 1. The van der Waals surface area contributed by atoms with E-state index in [4.69, 9.17) is 21.7 Å². The Bertz CT molecular complexity index is 722. The molecule has 1 N–H and O–H groups in total. The zero-order valence-electron chi connectivity index (χ0n) is 17.5. The van der Waals surface area contributed by atoms with Crippen molar-refractivity contribution in [1.29, 1.82) is 0 Å². The summed E-state index contributed by atoms with van der Waals surface area (Å²) >= 11 is 5.50. The Morgan fingerprint density at radius 2 is 2.00 bits per heavy atom. The highest BCUT2D eigenvalue weighted by molar-refractivity contribution is 7.80. The summed E-state index contributed by atoms with van der Waals surface area (Å²) in [6.07, 6.45) is 3.43. The molecular formula is C22H31N3O4S. The van der Waals surface area contributed by atoms with E-state index in [0.717, 1.165) is 32.4 Å². The van der Waals surface area contributed by atoms with E-state index in [1.54, 1.807) is 6.92 Å². The van der Waals surface area contributed by atoms with Crippen LogP contribution in [-0.2, 0) is 20.7 Å². The van der Waals surface area contributed by atoms with Crippen molar-refractivity contribution in [2.45, 2.75) is 51.1 Å². The summed E-state index contributed by atoms with van der Waals surface area (Å²) in [7, 11) is 0.